The predicted octanol–water partition coefficient (Wildman–Crippen LogP) is 3.42. The number of amides is 1. The second-order valence-corrected chi connectivity index (χ2v) is 6.81. The fourth-order valence-corrected chi connectivity index (χ4v) is 3.37. The molecular formula is C22H26N2O3. The first-order chi connectivity index (χ1) is 13.0. The molecule has 27 heavy (non-hydrogen) atoms. The molecule has 1 saturated heterocycles. The van der Waals surface area contributed by atoms with Gasteiger partial charge in [-0.1, -0.05) is 19.1 Å². The van der Waals surface area contributed by atoms with E-state index in [4.69, 9.17) is 4.74 Å². The highest BCUT2D eigenvalue weighted by Gasteiger charge is 2.23. The number of benzene rings is 2. The quantitative estimate of drug-likeness (QED) is 0.761. The van der Waals surface area contributed by atoms with Gasteiger partial charge in [-0.15, -0.1) is 0 Å². The van der Waals surface area contributed by atoms with E-state index in [0.717, 1.165) is 19.5 Å². The van der Waals surface area contributed by atoms with E-state index >= 15 is 0 Å². The van der Waals surface area contributed by atoms with Gasteiger partial charge in [-0.2, -0.15) is 0 Å². The third-order valence-electron chi connectivity index (χ3n) is 5.05. The van der Waals surface area contributed by atoms with Crippen molar-refractivity contribution in [2.24, 2.45) is 0 Å². The van der Waals surface area contributed by atoms with Gasteiger partial charge in [0.15, 0.2) is 5.78 Å². The second kappa shape index (κ2) is 8.25. The maximum Gasteiger partial charge on any atom is 0.254 e. The number of anilines is 1. The van der Waals surface area contributed by atoms with Crippen LogP contribution in [0.2, 0.25) is 0 Å². The Bertz CT molecular complexity index is 839. The standard InChI is InChI=1S/C22H26N2O3/c1-4-17-6-5-7-20(12-17)23-8-10-24(11-9-23)22(26)19-13-18(16(2)25)14-21(15-19)27-3/h5-7,12-15H,4,8-11H2,1-3H3. The molecule has 1 aliphatic rings. The Hall–Kier alpha value is -2.82. The van der Waals surface area contributed by atoms with Crippen LogP contribution in [0.4, 0.5) is 5.69 Å². The van der Waals surface area contributed by atoms with Crippen LogP contribution < -0.4 is 9.64 Å². The number of hydrogen-bond donors (Lipinski definition) is 0. The van der Waals surface area contributed by atoms with Crippen LogP contribution in [0.5, 0.6) is 5.75 Å². The Morgan fingerprint density at radius 3 is 2.33 bits per heavy atom. The lowest BCUT2D eigenvalue weighted by Crippen LogP contribution is -2.48. The topological polar surface area (TPSA) is 49.9 Å². The highest BCUT2D eigenvalue weighted by molar-refractivity contribution is 6.00. The monoisotopic (exact) mass is 366 g/mol. The minimum atomic E-state index is -0.0800. The molecule has 1 aliphatic heterocycles. The zero-order chi connectivity index (χ0) is 19.4. The summed E-state index contributed by atoms with van der Waals surface area (Å²) in [7, 11) is 1.54. The van der Waals surface area contributed by atoms with E-state index in [9.17, 15) is 9.59 Å². The summed E-state index contributed by atoms with van der Waals surface area (Å²) in [6.45, 7) is 6.54. The maximum absolute atomic E-state index is 12.9. The van der Waals surface area contributed by atoms with Gasteiger partial charge in [0, 0.05) is 43.0 Å². The number of piperazine rings is 1. The fraction of sp³-hybridized carbons (Fsp3) is 0.364. The van der Waals surface area contributed by atoms with Crippen molar-refractivity contribution in [3.8, 4) is 5.75 Å². The number of aryl methyl sites for hydroxylation is 1. The molecule has 5 heteroatoms. The highest BCUT2D eigenvalue weighted by atomic mass is 16.5. The van der Waals surface area contributed by atoms with E-state index < -0.39 is 0 Å². The molecule has 0 N–H and O–H groups in total. The number of nitrogens with zero attached hydrogens (tertiary/aromatic N) is 2. The summed E-state index contributed by atoms with van der Waals surface area (Å²) >= 11 is 0. The molecule has 0 aromatic heterocycles. The van der Waals surface area contributed by atoms with E-state index in [0.29, 0.717) is 30.0 Å². The normalized spacial score (nSPS) is 14.2. The first-order valence-corrected chi connectivity index (χ1v) is 9.35. The first-order valence-electron chi connectivity index (χ1n) is 9.35. The van der Waals surface area contributed by atoms with Crippen molar-refractivity contribution < 1.29 is 14.3 Å². The number of carbonyl (C=O) groups excluding carboxylic acids is 2. The van der Waals surface area contributed by atoms with E-state index in [1.165, 1.54) is 25.3 Å². The molecule has 0 radical (unpaired) electrons. The maximum atomic E-state index is 12.9. The van der Waals surface area contributed by atoms with Crippen molar-refractivity contribution in [2.45, 2.75) is 20.3 Å². The summed E-state index contributed by atoms with van der Waals surface area (Å²) in [6, 6.07) is 13.6. The van der Waals surface area contributed by atoms with Gasteiger partial charge in [0.2, 0.25) is 0 Å². The van der Waals surface area contributed by atoms with Crippen LogP contribution in [0.3, 0.4) is 0 Å². The van der Waals surface area contributed by atoms with Gasteiger partial charge in [0.25, 0.3) is 5.91 Å². The minimum Gasteiger partial charge on any atom is -0.497 e. The zero-order valence-corrected chi connectivity index (χ0v) is 16.2. The summed E-state index contributed by atoms with van der Waals surface area (Å²) in [4.78, 5) is 28.8. The Labute approximate surface area is 160 Å². The molecule has 0 unspecified atom stereocenters. The molecule has 0 aliphatic carbocycles. The lowest BCUT2D eigenvalue weighted by Gasteiger charge is -2.36. The van der Waals surface area contributed by atoms with Crippen LogP contribution in [0.1, 0.15) is 40.1 Å². The molecule has 2 aromatic rings. The Morgan fingerprint density at radius 1 is 1.00 bits per heavy atom. The van der Waals surface area contributed by atoms with Crippen molar-refractivity contribution in [2.75, 3.05) is 38.2 Å². The van der Waals surface area contributed by atoms with Crippen LogP contribution in [-0.2, 0) is 6.42 Å². The SMILES string of the molecule is CCc1cccc(N2CCN(C(=O)c3cc(OC)cc(C(C)=O)c3)CC2)c1. The Kier molecular flexibility index (Phi) is 5.79. The number of ether oxygens (including phenoxy) is 1. The number of Topliss-reactive ketones (excluding diaryl/α,β-unsaturated/α-hetero) is 1. The van der Waals surface area contributed by atoms with Gasteiger partial charge in [-0.25, -0.2) is 0 Å². The molecule has 1 amide bonds. The number of methoxy groups -OCH3 is 1. The molecule has 2 aromatic carbocycles. The van der Waals surface area contributed by atoms with E-state index in [-0.39, 0.29) is 11.7 Å². The van der Waals surface area contributed by atoms with E-state index in [1.54, 1.807) is 18.2 Å². The van der Waals surface area contributed by atoms with Gasteiger partial charge >= 0.3 is 0 Å². The van der Waals surface area contributed by atoms with Gasteiger partial charge in [-0.05, 0) is 49.2 Å². The molecular weight excluding hydrogens is 340 g/mol. The van der Waals surface area contributed by atoms with Crippen molar-refractivity contribution in [3.05, 3.63) is 59.2 Å². The molecule has 0 spiro atoms. The first kappa shape index (κ1) is 19.0. The van der Waals surface area contributed by atoms with Crippen LogP contribution in [-0.4, -0.2) is 49.9 Å². The highest BCUT2D eigenvalue weighted by Crippen LogP contribution is 2.22. The van der Waals surface area contributed by atoms with Crippen molar-refractivity contribution in [1.29, 1.82) is 0 Å². The minimum absolute atomic E-state index is 0.0571. The van der Waals surface area contributed by atoms with Crippen molar-refractivity contribution in [3.63, 3.8) is 0 Å². The smallest absolute Gasteiger partial charge is 0.254 e. The molecule has 5 nitrogen and oxygen atoms in total. The van der Waals surface area contributed by atoms with Gasteiger partial charge in [0.05, 0.1) is 7.11 Å². The summed E-state index contributed by atoms with van der Waals surface area (Å²) in [6.07, 6.45) is 1.01. The predicted molar refractivity (Wildman–Crippen MR) is 107 cm³/mol. The average Bonchev–Trinajstić information content (AvgIpc) is 2.72. The third-order valence-corrected chi connectivity index (χ3v) is 5.05. The van der Waals surface area contributed by atoms with Gasteiger partial charge in [0.1, 0.15) is 5.75 Å². The molecule has 0 saturated carbocycles. The average molecular weight is 366 g/mol. The lowest BCUT2D eigenvalue weighted by atomic mass is 10.1. The van der Waals surface area contributed by atoms with Gasteiger partial charge < -0.3 is 14.5 Å². The molecule has 1 heterocycles. The largest absolute Gasteiger partial charge is 0.497 e. The van der Waals surface area contributed by atoms with Crippen molar-refractivity contribution >= 4 is 17.4 Å². The number of rotatable bonds is 5. The summed E-state index contributed by atoms with van der Waals surface area (Å²) in [5, 5.41) is 0. The number of ketones is 1. The lowest BCUT2D eigenvalue weighted by molar-refractivity contribution is 0.0746. The Balaban J connectivity index is 1.71. The summed E-state index contributed by atoms with van der Waals surface area (Å²) in [5.74, 6) is 0.392. The van der Waals surface area contributed by atoms with Crippen LogP contribution in [0, 0.1) is 0 Å². The fourth-order valence-electron chi connectivity index (χ4n) is 3.37. The second-order valence-electron chi connectivity index (χ2n) is 6.81. The summed E-state index contributed by atoms with van der Waals surface area (Å²) in [5.41, 5.74) is 3.52. The van der Waals surface area contributed by atoms with Crippen LogP contribution in [0.25, 0.3) is 0 Å². The molecule has 0 atom stereocenters. The number of hydrogen-bond acceptors (Lipinski definition) is 4. The van der Waals surface area contributed by atoms with Crippen LogP contribution in [0.15, 0.2) is 42.5 Å². The third kappa shape index (κ3) is 4.30. The number of carbonyl (C=O) groups is 2. The molecule has 142 valence electrons. The van der Waals surface area contributed by atoms with E-state index in [1.807, 2.05) is 4.90 Å². The Morgan fingerprint density at radius 2 is 1.70 bits per heavy atom. The van der Waals surface area contributed by atoms with Crippen molar-refractivity contribution in [1.82, 2.24) is 4.90 Å². The molecule has 3 rings (SSSR count). The summed E-state index contributed by atoms with van der Waals surface area (Å²) < 4.78 is 5.25. The van der Waals surface area contributed by atoms with Gasteiger partial charge in [-0.3, -0.25) is 9.59 Å². The molecule has 1 fully saturated rings. The van der Waals surface area contributed by atoms with E-state index in [2.05, 4.69) is 36.1 Å². The van der Waals surface area contributed by atoms with Crippen LogP contribution >= 0.6 is 0 Å². The zero-order valence-electron chi connectivity index (χ0n) is 16.2. The molecule has 0 bridgehead atoms.